The van der Waals surface area contributed by atoms with Crippen molar-refractivity contribution in [3.8, 4) is 6.07 Å². The van der Waals surface area contributed by atoms with Gasteiger partial charge in [-0.3, -0.25) is 14.5 Å². The minimum atomic E-state index is -0.719. The predicted octanol–water partition coefficient (Wildman–Crippen LogP) is 3.53. The summed E-state index contributed by atoms with van der Waals surface area (Å²) in [6, 6.07) is 22.9. The lowest BCUT2D eigenvalue weighted by molar-refractivity contribution is -0.145. The predicted molar refractivity (Wildman–Crippen MR) is 175 cm³/mol. The second-order valence-electron chi connectivity index (χ2n) is 10.6. The number of hydrogen-bond acceptors (Lipinski definition) is 8. The Morgan fingerprint density at radius 2 is 1.84 bits per heavy atom. The van der Waals surface area contributed by atoms with Gasteiger partial charge in [0.1, 0.15) is 6.04 Å². The van der Waals surface area contributed by atoms with Gasteiger partial charge in [-0.25, -0.2) is 9.78 Å². The molecule has 10 nitrogen and oxygen atoms in total. The van der Waals surface area contributed by atoms with Crippen LogP contribution in [0.15, 0.2) is 79.3 Å². The molecule has 3 aromatic carbocycles. The molecule has 0 fully saturated rings. The molecule has 11 heteroatoms. The van der Waals surface area contributed by atoms with Gasteiger partial charge in [0.2, 0.25) is 11.8 Å². The first kappa shape index (κ1) is 33.2. The van der Waals surface area contributed by atoms with Crippen LogP contribution < -0.4 is 10.6 Å². The van der Waals surface area contributed by atoms with Gasteiger partial charge in [0.25, 0.3) is 0 Å². The molecular formula is C34H38N6O4S. The van der Waals surface area contributed by atoms with Gasteiger partial charge >= 0.3 is 5.97 Å². The number of nitrogens with one attached hydrogen (secondary N) is 2. The van der Waals surface area contributed by atoms with Crippen LogP contribution in [0.3, 0.4) is 0 Å². The van der Waals surface area contributed by atoms with Crippen molar-refractivity contribution >= 4 is 40.3 Å². The van der Waals surface area contributed by atoms with E-state index in [4.69, 9.17) is 10.00 Å². The standard InChI is InChI=1S/C34H38N6O4S/c1-44-34(43)31(14-17-45-2)38-33(42)23-39(22-28-8-5-7-27-6-3-4-9-30(27)28)16-15-37-32(41)18-29-20-36-24-40(29)21-26-12-10-25(19-35)11-13-26/h3-13,20,24,31H,14-18,21-23H2,1-2H3,(H,37,41)(H,38,42)/t31-/m0/s1. The summed E-state index contributed by atoms with van der Waals surface area (Å²) < 4.78 is 6.81. The quantitative estimate of drug-likeness (QED) is 0.181. The number of rotatable bonds is 16. The number of nitrogens with zero attached hydrogens (tertiary/aromatic N) is 4. The van der Waals surface area contributed by atoms with Gasteiger partial charge in [0.05, 0.1) is 38.0 Å². The number of imidazole rings is 1. The van der Waals surface area contributed by atoms with Crippen molar-refractivity contribution in [2.75, 3.05) is 38.8 Å². The number of carbonyl (C=O) groups excluding carboxylic acids is 3. The largest absolute Gasteiger partial charge is 0.467 e. The average molecular weight is 627 g/mol. The third-order valence-electron chi connectivity index (χ3n) is 7.40. The number of ether oxygens (including phenoxy) is 1. The zero-order valence-corrected chi connectivity index (χ0v) is 26.4. The molecule has 234 valence electrons. The summed E-state index contributed by atoms with van der Waals surface area (Å²) in [4.78, 5) is 44.6. The lowest BCUT2D eigenvalue weighted by Gasteiger charge is -2.24. The minimum absolute atomic E-state index is 0.0449. The third-order valence-corrected chi connectivity index (χ3v) is 8.04. The maximum atomic E-state index is 13.2. The van der Waals surface area contributed by atoms with Crippen molar-refractivity contribution < 1.29 is 19.1 Å². The first-order valence-corrected chi connectivity index (χ1v) is 16.1. The van der Waals surface area contributed by atoms with Crippen molar-refractivity contribution in [1.29, 1.82) is 5.26 Å². The summed E-state index contributed by atoms with van der Waals surface area (Å²) in [5.41, 5.74) is 3.42. The fourth-order valence-electron chi connectivity index (χ4n) is 5.05. The zero-order chi connectivity index (χ0) is 32.0. The van der Waals surface area contributed by atoms with Gasteiger partial charge in [0, 0.05) is 38.1 Å². The molecule has 0 radical (unpaired) electrons. The van der Waals surface area contributed by atoms with Crippen LogP contribution in [0.5, 0.6) is 0 Å². The van der Waals surface area contributed by atoms with E-state index < -0.39 is 12.0 Å². The maximum Gasteiger partial charge on any atom is 0.328 e. The number of benzene rings is 3. The topological polar surface area (TPSA) is 129 Å². The van der Waals surface area contributed by atoms with E-state index in [1.807, 2.05) is 52.1 Å². The van der Waals surface area contributed by atoms with E-state index in [0.29, 0.717) is 43.9 Å². The molecule has 1 heterocycles. The number of thioether (sulfide) groups is 1. The van der Waals surface area contributed by atoms with Crippen LogP contribution in [-0.2, 0) is 38.6 Å². The lowest BCUT2D eigenvalue weighted by Crippen LogP contribution is -2.47. The molecule has 0 aliphatic heterocycles. The minimum Gasteiger partial charge on any atom is -0.467 e. The Bertz CT molecular complexity index is 1630. The molecule has 4 rings (SSSR count). The maximum absolute atomic E-state index is 13.2. The molecule has 4 aromatic rings. The fourth-order valence-corrected chi connectivity index (χ4v) is 5.53. The van der Waals surface area contributed by atoms with Gasteiger partial charge < -0.3 is 19.9 Å². The van der Waals surface area contributed by atoms with Crippen LogP contribution in [0.1, 0.15) is 28.8 Å². The highest BCUT2D eigenvalue weighted by molar-refractivity contribution is 7.98. The molecule has 0 bridgehead atoms. The first-order chi connectivity index (χ1) is 21.9. The molecule has 0 saturated heterocycles. The summed E-state index contributed by atoms with van der Waals surface area (Å²) in [5, 5.41) is 17.1. The second kappa shape index (κ2) is 17.0. The van der Waals surface area contributed by atoms with Crippen LogP contribution in [0.4, 0.5) is 0 Å². The molecule has 0 unspecified atom stereocenters. The molecular weight excluding hydrogens is 588 g/mol. The average Bonchev–Trinajstić information content (AvgIpc) is 3.48. The molecule has 0 spiro atoms. The smallest absolute Gasteiger partial charge is 0.328 e. The van der Waals surface area contributed by atoms with E-state index in [-0.39, 0.29) is 24.8 Å². The van der Waals surface area contributed by atoms with Gasteiger partial charge in [-0.2, -0.15) is 17.0 Å². The van der Waals surface area contributed by atoms with Crippen molar-refractivity contribution in [2.24, 2.45) is 0 Å². The van der Waals surface area contributed by atoms with Crippen LogP contribution in [0, 0.1) is 11.3 Å². The van der Waals surface area contributed by atoms with Gasteiger partial charge in [-0.15, -0.1) is 0 Å². The number of carbonyl (C=O) groups is 3. The van der Waals surface area contributed by atoms with Crippen molar-refractivity contribution in [1.82, 2.24) is 25.1 Å². The van der Waals surface area contributed by atoms with Gasteiger partial charge in [0.15, 0.2) is 0 Å². The highest BCUT2D eigenvalue weighted by Crippen LogP contribution is 2.20. The van der Waals surface area contributed by atoms with Crippen LogP contribution >= 0.6 is 11.8 Å². The Kier molecular flexibility index (Phi) is 12.5. The molecule has 1 atom stereocenters. The number of fused-ring (bicyclic) bond motifs is 1. The summed E-state index contributed by atoms with van der Waals surface area (Å²) >= 11 is 1.59. The normalized spacial score (nSPS) is 11.6. The number of methoxy groups -OCH3 is 1. The summed E-state index contributed by atoms with van der Waals surface area (Å²) in [6.07, 6.45) is 5.93. The van der Waals surface area contributed by atoms with Crippen molar-refractivity contribution in [3.63, 3.8) is 0 Å². The zero-order valence-electron chi connectivity index (χ0n) is 25.6. The number of amides is 2. The van der Waals surface area contributed by atoms with E-state index >= 15 is 0 Å². The molecule has 1 aromatic heterocycles. The van der Waals surface area contributed by atoms with E-state index in [1.54, 1.807) is 36.4 Å². The molecule has 0 saturated carbocycles. The molecule has 0 aliphatic carbocycles. The molecule has 2 amide bonds. The second-order valence-corrected chi connectivity index (χ2v) is 11.6. The van der Waals surface area contributed by atoms with E-state index in [0.717, 1.165) is 27.6 Å². The van der Waals surface area contributed by atoms with Crippen LogP contribution in [-0.4, -0.2) is 77.0 Å². The monoisotopic (exact) mass is 626 g/mol. The summed E-state index contributed by atoms with van der Waals surface area (Å²) in [6.45, 7) is 1.80. The Morgan fingerprint density at radius 3 is 2.60 bits per heavy atom. The highest BCUT2D eigenvalue weighted by Gasteiger charge is 2.22. The fraction of sp³-hybridized carbons (Fsp3) is 0.324. The lowest BCUT2D eigenvalue weighted by atomic mass is 10.0. The molecule has 0 aliphatic rings. The van der Waals surface area contributed by atoms with Crippen LogP contribution in [0.2, 0.25) is 0 Å². The van der Waals surface area contributed by atoms with Gasteiger partial charge in [-0.05, 0) is 52.5 Å². The molecule has 2 N–H and O–H groups in total. The number of nitriles is 1. The first-order valence-electron chi connectivity index (χ1n) is 14.7. The molecule has 45 heavy (non-hydrogen) atoms. The van der Waals surface area contributed by atoms with E-state index in [1.165, 1.54) is 7.11 Å². The SMILES string of the molecule is COC(=O)[C@H](CCSC)NC(=O)CN(CCNC(=O)Cc1cncn1Cc1ccc(C#N)cc1)Cc1cccc2ccccc12. The summed E-state index contributed by atoms with van der Waals surface area (Å²) in [7, 11) is 1.32. The number of hydrogen-bond donors (Lipinski definition) is 2. The summed E-state index contributed by atoms with van der Waals surface area (Å²) in [5.74, 6) is -0.208. The third kappa shape index (κ3) is 9.93. The van der Waals surface area contributed by atoms with Crippen LogP contribution in [0.25, 0.3) is 10.8 Å². The van der Waals surface area contributed by atoms with Gasteiger partial charge in [-0.1, -0.05) is 54.6 Å². The Morgan fingerprint density at radius 1 is 1.07 bits per heavy atom. The van der Waals surface area contributed by atoms with Crippen molar-refractivity contribution in [2.45, 2.75) is 32.0 Å². The Balaban J connectivity index is 1.39. The Labute approximate surface area is 267 Å². The number of aromatic nitrogens is 2. The van der Waals surface area contributed by atoms with Crippen molar-refractivity contribution in [3.05, 3.63) is 102 Å². The number of esters is 1. The van der Waals surface area contributed by atoms with E-state index in [9.17, 15) is 14.4 Å². The Hall–Kier alpha value is -4.66. The van der Waals surface area contributed by atoms with E-state index in [2.05, 4.69) is 39.9 Å². The highest BCUT2D eigenvalue weighted by atomic mass is 32.2.